The minimum atomic E-state index is -0.519. The molecule has 0 unspecified atom stereocenters. The fourth-order valence-electron chi connectivity index (χ4n) is 1.49. The Hall–Kier alpha value is -2.24. The molecular weight excluding hydrogens is 236 g/mol. The Morgan fingerprint density at radius 3 is 2.61 bits per heavy atom. The number of nitro groups is 2. The molecule has 0 saturated carbocycles. The molecule has 0 atom stereocenters. The molecule has 0 aliphatic carbocycles. The second-order valence-corrected chi connectivity index (χ2v) is 3.85. The third-order valence-electron chi connectivity index (χ3n) is 2.44. The van der Waals surface area contributed by atoms with Crippen LogP contribution in [0.4, 0.5) is 5.69 Å². The van der Waals surface area contributed by atoms with Crippen molar-refractivity contribution in [3.05, 3.63) is 55.8 Å². The Labute approximate surface area is 104 Å². The SMILES string of the molecule is CCCC/C(=C/c1cccc([N+](=O)[O-])c1)[N+](=O)[O-]. The molecule has 6 nitrogen and oxygen atoms in total. The summed E-state index contributed by atoms with van der Waals surface area (Å²) in [7, 11) is 0. The number of hydrogen-bond donors (Lipinski definition) is 0. The largest absolute Gasteiger partial charge is 0.270 e. The third-order valence-corrected chi connectivity index (χ3v) is 2.44. The van der Waals surface area contributed by atoms with Crippen molar-refractivity contribution in [2.24, 2.45) is 0 Å². The standard InChI is InChI=1S/C12H14N2O4/c1-2-3-6-11(13(15)16)8-10-5-4-7-12(9-10)14(17)18/h4-5,7-9H,2-3,6H2,1H3/b11-8-. The van der Waals surface area contributed by atoms with Gasteiger partial charge in [-0.25, -0.2) is 0 Å². The first-order chi connectivity index (χ1) is 8.54. The highest BCUT2D eigenvalue weighted by molar-refractivity contribution is 5.54. The maximum atomic E-state index is 10.8. The van der Waals surface area contributed by atoms with Crippen LogP contribution >= 0.6 is 0 Å². The summed E-state index contributed by atoms with van der Waals surface area (Å²) in [5.41, 5.74) is 0.492. The van der Waals surface area contributed by atoms with Gasteiger partial charge in [0.15, 0.2) is 0 Å². The van der Waals surface area contributed by atoms with Crippen LogP contribution in [0.5, 0.6) is 0 Å². The molecule has 0 aromatic heterocycles. The summed E-state index contributed by atoms with van der Waals surface area (Å²) >= 11 is 0. The van der Waals surface area contributed by atoms with Gasteiger partial charge in [0, 0.05) is 24.6 Å². The predicted molar refractivity (Wildman–Crippen MR) is 67.6 cm³/mol. The number of non-ortho nitro benzene ring substituents is 1. The molecule has 96 valence electrons. The molecule has 0 aliphatic heterocycles. The minimum absolute atomic E-state index is 0.0676. The molecule has 1 aromatic rings. The summed E-state index contributed by atoms with van der Waals surface area (Å²) in [6.45, 7) is 1.95. The van der Waals surface area contributed by atoms with Gasteiger partial charge >= 0.3 is 0 Å². The number of rotatable bonds is 6. The molecule has 0 aliphatic rings. The number of benzene rings is 1. The Morgan fingerprint density at radius 2 is 2.06 bits per heavy atom. The lowest BCUT2D eigenvalue weighted by Gasteiger charge is -1.98. The van der Waals surface area contributed by atoms with Crippen LogP contribution in [0.25, 0.3) is 6.08 Å². The highest BCUT2D eigenvalue weighted by atomic mass is 16.6. The van der Waals surface area contributed by atoms with Gasteiger partial charge in [-0.15, -0.1) is 0 Å². The molecule has 0 fully saturated rings. The van der Waals surface area contributed by atoms with Crippen LogP contribution in [-0.2, 0) is 0 Å². The van der Waals surface area contributed by atoms with Crippen LogP contribution in [-0.4, -0.2) is 9.85 Å². The molecule has 18 heavy (non-hydrogen) atoms. The topological polar surface area (TPSA) is 86.3 Å². The monoisotopic (exact) mass is 250 g/mol. The van der Waals surface area contributed by atoms with E-state index in [2.05, 4.69) is 0 Å². The van der Waals surface area contributed by atoms with E-state index >= 15 is 0 Å². The molecule has 0 spiro atoms. The molecular formula is C12H14N2O4. The summed E-state index contributed by atoms with van der Waals surface area (Å²) < 4.78 is 0. The zero-order valence-electron chi connectivity index (χ0n) is 10.0. The van der Waals surface area contributed by atoms with E-state index in [0.29, 0.717) is 12.0 Å². The molecule has 0 bridgehead atoms. The number of hydrogen-bond acceptors (Lipinski definition) is 4. The maximum Gasteiger partial charge on any atom is 0.270 e. The molecule has 0 saturated heterocycles. The second kappa shape index (κ2) is 6.48. The fraction of sp³-hybridized carbons (Fsp3) is 0.333. The number of unbranched alkanes of at least 4 members (excludes halogenated alkanes) is 1. The summed E-state index contributed by atoms with van der Waals surface area (Å²) in [6, 6.07) is 5.81. The van der Waals surface area contributed by atoms with Gasteiger partial charge in [-0.05, 0) is 12.0 Å². The van der Waals surface area contributed by atoms with Crippen LogP contribution < -0.4 is 0 Å². The minimum Gasteiger partial charge on any atom is -0.259 e. The van der Waals surface area contributed by atoms with Crippen LogP contribution in [0, 0.1) is 20.2 Å². The molecule has 1 rings (SSSR count). The summed E-state index contributed by atoms with van der Waals surface area (Å²) in [5.74, 6) is 0. The number of nitrogens with zero attached hydrogens (tertiary/aromatic N) is 2. The second-order valence-electron chi connectivity index (χ2n) is 3.85. The van der Waals surface area contributed by atoms with E-state index in [1.54, 1.807) is 6.07 Å². The van der Waals surface area contributed by atoms with Gasteiger partial charge in [0.05, 0.1) is 9.85 Å². The first kappa shape index (κ1) is 13.8. The van der Waals surface area contributed by atoms with Crippen LogP contribution in [0.15, 0.2) is 30.0 Å². The van der Waals surface area contributed by atoms with Gasteiger partial charge in [-0.2, -0.15) is 0 Å². The molecule has 0 amide bonds. The lowest BCUT2D eigenvalue weighted by Crippen LogP contribution is -1.98. The van der Waals surface area contributed by atoms with E-state index < -0.39 is 9.85 Å². The third kappa shape index (κ3) is 3.97. The molecule has 6 heteroatoms. The van der Waals surface area contributed by atoms with E-state index in [-0.39, 0.29) is 11.4 Å². The summed E-state index contributed by atoms with van der Waals surface area (Å²) in [6.07, 6.45) is 3.34. The summed E-state index contributed by atoms with van der Waals surface area (Å²) in [4.78, 5) is 20.5. The van der Waals surface area contributed by atoms with E-state index in [9.17, 15) is 20.2 Å². The zero-order chi connectivity index (χ0) is 13.5. The Bertz CT molecular complexity index is 483. The number of allylic oxidation sites excluding steroid dienone is 1. The number of nitro benzene ring substituents is 1. The normalized spacial score (nSPS) is 11.3. The van der Waals surface area contributed by atoms with Crippen LogP contribution in [0.3, 0.4) is 0 Å². The molecule has 1 aromatic carbocycles. The first-order valence-electron chi connectivity index (χ1n) is 5.64. The molecule has 0 radical (unpaired) electrons. The van der Waals surface area contributed by atoms with Crippen molar-refractivity contribution < 1.29 is 9.85 Å². The van der Waals surface area contributed by atoms with E-state index in [1.807, 2.05) is 6.92 Å². The van der Waals surface area contributed by atoms with Gasteiger partial charge in [0.2, 0.25) is 5.70 Å². The van der Waals surface area contributed by atoms with E-state index in [1.165, 1.54) is 24.3 Å². The Kier molecular flexibility index (Phi) is 4.98. The van der Waals surface area contributed by atoms with Crippen molar-refractivity contribution in [3.8, 4) is 0 Å². The van der Waals surface area contributed by atoms with Crippen molar-refractivity contribution in [2.75, 3.05) is 0 Å². The van der Waals surface area contributed by atoms with Gasteiger partial charge in [0.1, 0.15) is 0 Å². The first-order valence-corrected chi connectivity index (χ1v) is 5.64. The fourth-order valence-corrected chi connectivity index (χ4v) is 1.49. The van der Waals surface area contributed by atoms with Crippen molar-refractivity contribution >= 4 is 11.8 Å². The Morgan fingerprint density at radius 1 is 1.33 bits per heavy atom. The van der Waals surface area contributed by atoms with Gasteiger partial charge in [-0.1, -0.05) is 25.5 Å². The predicted octanol–water partition coefficient (Wildman–Crippen LogP) is 3.40. The van der Waals surface area contributed by atoms with Gasteiger partial charge in [-0.3, -0.25) is 20.2 Å². The average molecular weight is 250 g/mol. The van der Waals surface area contributed by atoms with Crippen molar-refractivity contribution in [3.63, 3.8) is 0 Å². The molecule has 0 heterocycles. The quantitative estimate of drug-likeness (QED) is 0.571. The van der Waals surface area contributed by atoms with Crippen molar-refractivity contribution in [1.29, 1.82) is 0 Å². The molecule has 0 N–H and O–H groups in total. The van der Waals surface area contributed by atoms with Crippen molar-refractivity contribution in [1.82, 2.24) is 0 Å². The highest BCUT2D eigenvalue weighted by Crippen LogP contribution is 2.18. The van der Waals surface area contributed by atoms with E-state index in [4.69, 9.17) is 0 Å². The smallest absolute Gasteiger partial charge is 0.259 e. The maximum absolute atomic E-state index is 10.8. The van der Waals surface area contributed by atoms with Gasteiger partial charge in [0.25, 0.3) is 5.69 Å². The van der Waals surface area contributed by atoms with Crippen LogP contribution in [0.1, 0.15) is 31.7 Å². The van der Waals surface area contributed by atoms with Crippen LogP contribution in [0.2, 0.25) is 0 Å². The van der Waals surface area contributed by atoms with Crippen molar-refractivity contribution in [2.45, 2.75) is 26.2 Å². The summed E-state index contributed by atoms with van der Waals surface area (Å²) in [5, 5.41) is 21.4. The highest BCUT2D eigenvalue weighted by Gasteiger charge is 2.11. The van der Waals surface area contributed by atoms with Gasteiger partial charge < -0.3 is 0 Å². The average Bonchev–Trinajstić information content (AvgIpc) is 2.34. The lowest BCUT2D eigenvalue weighted by atomic mass is 10.1. The van der Waals surface area contributed by atoms with E-state index in [0.717, 1.165) is 12.8 Å². The zero-order valence-corrected chi connectivity index (χ0v) is 10.0. The lowest BCUT2D eigenvalue weighted by molar-refractivity contribution is -0.426. The Balaban J connectivity index is 3.00.